The zero-order valence-corrected chi connectivity index (χ0v) is 20.2. The number of halogens is 1. The van der Waals surface area contributed by atoms with E-state index in [9.17, 15) is 4.79 Å². The molecule has 162 valence electrons. The van der Waals surface area contributed by atoms with Crippen molar-refractivity contribution in [3.05, 3.63) is 48.0 Å². The number of carbonyl (C=O) groups excluding carboxylic acids is 1. The Bertz CT molecular complexity index is 978. The molecule has 2 aromatic carbocycles. The summed E-state index contributed by atoms with van der Waals surface area (Å²) >= 11 is 3.22. The van der Waals surface area contributed by atoms with Gasteiger partial charge in [0, 0.05) is 18.0 Å². The SMILES string of the molecule is CCOc1ccc2nc(N(CCN(C)C)C(=O)c3ccccc3SCC)sc2c1.Cl. The summed E-state index contributed by atoms with van der Waals surface area (Å²) in [4.78, 5) is 23.2. The Labute approximate surface area is 192 Å². The second-order valence-electron chi connectivity index (χ2n) is 6.75. The minimum Gasteiger partial charge on any atom is -0.494 e. The van der Waals surface area contributed by atoms with Gasteiger partial charge >= 0.3 is 0 Å². The summed E-state index contributed by atoms with van der Waals surface area (Å²) in [7, 11) is 4.02. The Morgan fingerprint density at radius 2 is 1.90 bits per heavy atom. The molecule has 0 aliphatic heterocycles. The molecule has 0 spiro atoms. The molecule has 8 heteroatoms. The molecule has 1 amide bonds. The first-order valence-corrected chi connectivity index (χ1v) is 11.6. The van der Waals surface area contributed by atoms with Crippen LogP contribution in [0.1, 0.15) is 24.2 Å². The molecule has 0 radical (unpaired) electrons. The highest BCUT2D eigenvalue weighted by atomic mass is 35.5. The lowest BCUT2D eigenvalue weighted by molar-refractivity contribution is 0.0982. The Hall–Kier alpha value is -1.80. The summed E-state index contributed by atoms with van der Waals surface area (Å²) in [5.41, 5.74) is 1.61. The van der Waals surface area contributed by atoms with Gasteiger partial charge in [0.15, 0.2) is 5.13 Å². The molecule has 5 nitrogen and oxygen atoms in total. The van der Waals surface area contributed by atoms with Crippen LogP contribution in [0.2, 0.25) is 0 Å². The van der Waals surface area contributed by atoms with Crippen LogP contribution in [-0.4, -0.2) is 55.3 Å². The van der Waals surface area contributed by atoms with E-state index in [2.05, 4.69) is 11.8 Å². The van der Waals surface area contributed by atoms with Crippen LogP contribution < -0.4 is 9.64 Å². The van der Waals surface area contributed by atoms with Crippen molar-refractivity contribution >= 4 is 56.8 Å². The van der Waals surface area contributed by atoms with Crippen molar-refractivity contribution in [1.82, 2.24) is 9.88 Å². The molecule has 1 aromatic heterocycles. The third kappa shape index (κ3) is 5.88. The number of ether oxygens (including phenoxy) is 1. The number of likely N-dealkylation sites (N-methyl/N-ethyl adjacent to an activating group) is 1. The molecule has 0 saturated heterocycles. The van der Waals surface area contributed by atoms with Gasteiger partial charge in [-0.2, -0.15) is 0 Å². The first-order chi connectivity index (χ1) is 14.0. The second kappa shape index (κ2) is 11.6. The number of rotatable bonds is 9. The Balaban J connectivity index is 0.00000320. The predicted molar refractivity (Wildman–Crippen MR) is 131 cm³/mol. The molecule has 0 aliphatic carbocycles. The summed E-state index contributed by atoms with van der Waals surface area (Å²) < 4.78 is 6.63. The average molecular weight is 466 g/mol. The lowest BCUT2D eigenvalue weighted by Gasteiger charge is -2.23. The number of hydrogen-bond acceptors (Lipinski definition) is 6. The lowest BCUT2D eigenvalue weighted by atomic mass is 10.2. The number of amides is 1. The van der Waals surface area contributed by atoms with Crippen LogP contribution in [-0.2, 0) is 0 Å². The molecule has 1 heterocycles. The number of thiazole rings is 1. The molecule has 3 rings (SSSR count). The van der Waals surface area contributed by atoms with E-state index < -0.39 is 0 Å². The summed E-state index contributed by atoms with van der Waals surface area (Å²) in [6, 6.07) is 13.7. The zero-order valence-electron chi connectivity index (χ0n) is 17.8. The maximum Gasteiger partial charge on any atom is 0.261 e. The van der Waals surface area contributed by atoms with Gasteiger partial charge in [-0.3, -0.25) is 9.69 Å². The maximum atomic E-state index is 13.5. The van der Waals surface area contributed by atoms with Crippen molar-refractivity contribution in [2.75, 3.05) is 44.4 Å². The Kier molecular flexibility index (Phi) is 9.42. The van der Waals surface area contributed by atoms with Crippen LogP contribution in [0.3, 0.4) is 0 Å². The van der Waals surface area contributed by atoms with E-state index >= 15 is 0 Å². The number of carbonyl (C=O) groups is 1. The summed E-state index contributed by atoms with van der Waals surface area (Å²) in [5, 5.41) is 0.719. The van der Waals surface area contributed by atoms with Gasteiger partial charge in [0.25, 0.3) is 5.91 Å². The largest absolute Gasteiger partial charge is 0.494 e. The van der Waals surface area contributed by atoms with E-state index in [-0.39, 0.29) is 18.3 Å². The molecule has 30 heavy (non-hydrogen) atoms. The fourth-order valence-corrected chi connectivity index (χ4v) is 4.73. The first kappa shape index (κ1) is 24.5. The first-order valence-electron chi connectivity index (χ1n) is 9.75. The molecule has 0 saturated carbocycles. The Morgan fingerprint density at radius 1 is 1.13 bits per heavy atom. The summed E-state index contributed by atoms with van der Waals surface area (Å²) in [6.45, 7) is 6.02. The predicted octanol–water partition coefficient (Wildman–Crippen LogP) is 5.44. The number of anilines is 1. The minimum atomic E-state index is -0.00696. The highest BCUT2D eigenvalue weighted by molar-refractivity contribution is 7.99. The van der Waals surface area contributed by atoms with Gasteiger partial charge in [0.1, 0.15) is 5.75 Å². The van der Waals surface area contributed by atoms with Gasteiger partial charge in [-0.15, -0.1) is 24.2 Å². The molecule has 0 aliphatic rings. The monoisotopic (exact) mass is 465 g/mol. The van der Waals surface area contributed by atoms with Crippen molar-refractivity contribution in [3.63, 3.8) is 0 Å². The zero-order chi connectivity index (χ0) is 20.8. The third-order valence-corrected chi connectivity index (χ3v) is 6.32. The van der Waals surface area contributed by atoms with Crippen LogP contribution in [0, 0.1) is 0 Å². The third-order valence-electron chi connectivity index (χ3n) is 4.32. The fourth-order valence-electron chi connectivity index (χ4n) is 2.92. The molecular formula is C22H28ClN3O2S2. The van der Waals surface area contributed by atoms with Crippen LogP contribution in [0.5, 0.6) is 5.75 Å². The van der Waals surface area contributed by atoms with Gasteiger partial charge < -0.3 is 9.64 Å². The van der Waals surface area contributed by atoms with E-state index in [1.54, 1.807) is 16.7 Å². The number of thioether (sulfide) groups is 1. The fraction of sp³-hybridized carbons (Fsp3) is 0.364. The maximum absolute atomic E-state index is 13.5. The number of hydrogen-bond donors (Lipinski definition) is 0. The highest BCUT2D eigenvalue weighted by Gasteiger charge is 2.23. The molecule has 0 fully saturated rings. The number of benzene rings is 2. The van der Waals surface area contributed by atoms with E-state index in [0.29, 0.717) is 13.2 Å². The highest BCUT2D eigenvalue weighted by Crippen LogP contribution is 2.33. The van der Waals surface area contributed by atoms with Crippen LogP contribution in [0.25, 0.3) is 10.2 Å². The molecule has 0 bridgehead atoms. The van der Waals surface area contributed by atoms with Crippen molar-refractivity contribution in [3.8, 4) is 5.75 Å². The second-order valence-corrected chi connectivity index (χ2v) is 9.06. The van der Waals surface area contributed by atoms with Crippen molar-refractivity contribution in [2.24, 2.45) is 0 Å². The van der Waals surface area contributed by atoms with Gasteiger partial charge in [0.2, 0.25) is 0 Å². The van der Waals surface area contributed by atoms with E-state index in [1.807, 2.05) is 63.5 Å². The van der Waals surface area contributed by atoms with Gasteiger partial charge in [-0.05, 0) is 57.1 Å². The van der Waals surface area contributed by atoms with Crippen LogP contribution in [0.4, 0.5) is 5.13 Å². The summed E-state index contributed by atoms with van der Waals surface area (Å²) in [6.07, 6.45) is 0. The number of fused-ring (bicyclic) bond motifs is 1. The topological polar surface area (TPSA) is 45.7 Å². The minimum absolute atomic E-state index is 0. The number of aromatic nitrogens is 1. The van der Waals surface area contributed by atoms with Crippen molar-refractivity contribution in [1.29, 1.82) is 0 Å². The molecule has 0 atom stereocenters. The van der Waals surface area contributed by atoms with Crippen LogP contribution in [0.15, 0.2) is 47.4 Å². The quantitative estimate of drug-likeness (QED) is 0.394. The van der Waals surface area contributed by atoms with E-state index in [1.165, 1.54) is 11.3 Å². The molecule has 0 N–H and O–H groups in total. The molecular weight excluding hydrogens is 438 g/mol. The summed E-state index contributed by atoms with van der Waals surface area (Å²) in [5.74, 6) is 1.74. The van der Waals surface area contributed by atoms with Crippen LogP contribution >= 0.6 is 35.5 Å². The molecule has 0 unspecified atom stereocenters. The Morgan fingerprint density at radius 3 is 2.60 bits per heavy atom. The normalized spacial score (nSPS) is 10.8. The smallest absolute Gasteiger partial charge is 0.261 e. The van der Waals surface area contributed by atoms with E-state index in [4.69, 9.17) is 9.72 Å². The van der Waals surface area contributed by atoms with Gasteiger partial charge in [-0.25, -0.2) is 4.98 Å². The lowest BCUT2D eigenvalue weighted by Crippen LogP contribution is -2.37. The van der Waals surface area contributed by atoms with Crippen molar-refractivity contribution in [2.45, 2.75) is 18.7 Å². The van der Waals surface area contributed by atoms with Gasteiger partial charge in [-0.1, -0.05) is 30.4 Å². The van der Waals surface area contributed by atoms with E-state index in [0.717, 1.165) is 43.9 Å². The van der Waals surface area contributed by atoms with Crippen molar-refractivity contribution < 1.29 is 9.53 Å². The standard InChI is InChI=1S/C22H27N3O2S2.ClH/c1-5-27-16-11-12-18-20(15-16)29-22(23-18)25(14-13-24(3)4)21(26)17-9-7-8-10-19(17)28-6-2;/h7-12,15H,5-6,13-14H2,1-4H3;1H. The van der Waals surface area contributed by atoms with Gasteiger partial charge in [0.05, 0.1) is 22.4 Å². The average Bonchev–Trinajstić information content (AvgIpc) is 3.11. The molecule has 3 aromatic rings. The number of nitrogens with zero attached hydrogens (tertiary/aromatic N) is 3.